The van der Waals surface area contributed by atoms with Crippen LogP contribution in [0.5, 0.6) is 11.5 Å². The molecule has 11 nitrogen and oxygen atoms in total. The van der Waals surface area contributed by atoms with Gasteiger partial charge in [0.1, 0.15) is 23.1 Å². The first-order valence-electron chi connectivity index (χ1n) is 12.2. The quantitative estimate of drug-likeness (QED) is 0.244. The van der Waals surface area contributed by atoms with Crippen LogP contribution in [0.4, 0.5) is 22.1 Å². The molecule has 3 heterocycles. The molecule has 5 rings (SSSR count). The molecule has 2 aromatic carbocycles. The molecule has 198 valence electrons. The van der Waals surface area contributed by atoms with Crippen LogP contribution >= 0.6 is 0 Å². The fourth-order valence-corrected chi connectivity index (χ4v) is 3.77. The Hall–Kier alpha value is -5.19. The number of fused-ring (bicyclic) bond motifs is 1. The number of anilines is 3. The summed E-state index contributed by atoms with van der Waals surface area (Å²) in [5.74, 6) is 1.76. The number of nitrogens with zero attached hydrogens (tertiary/aromatic N) is 4. The average molecular weight is 526 g/mol. The lowest BCUT2D eigenvalue weighted by Gasteiger charge is -2.14. The Labute approximate surface area is 224 Å². The number of hydrogen-bond donors (Lipinski definition) is 3. The number of carbonyl (C=O) groups is 2. The Bertz CT molecular complexity index is 1650. The first kappa shape index (κ1) is 25.5. The van der Waals surface area contributed by atoms with E-state index in [1.807, 2.05) is 24.3 Å². The fourth-order valence-electron chi connectivity index (χ4n) is 3.77. The second-order valence-electron chi connectivity index (χ2n) is 9.89. The number of nitrogens with one attached hydrogen (secondary N) is 3. The Morgan fingerprint density at radius 1 is 0.923 bits per heavy atom. The van der Waals surface area contributed by atoms with Gasteiger partial charge in [-0.3, -0.25) is 10.1 Å². The van der Waals surface area contributed by atoms with Gasteiger partial charge in [0.05, 0.1) is 17.6 Å². The molecule has 3 aromatic heterocycles. The third kappa shape index (κ3) is 6.04. The molecule has 5 aromatic rings. The average Bonchev–Trinajstić information content (AvgIpc) is 3.51. The lowest BCUT2D eigenvalue weighted by Crippen LogP contribution is -2.21. The highest BCUT2D eigenvalue weighted by molar-refractivity contribution is 5.99. The smallest absolute Gasteiger partial charge is 0.324 e. The molecule has 0 unspecified atom stereocenters. The van der Waals surface area contributed by atoms with Gasteiger partial charge in [-0.1, -0.05) is 25.9 Å². The number of urea groups is 1. The summed E-state index contributed by atoms with van der Waals surface area (Å²) in [5, 5.41) is 17.8. The predicted molar refractivity (Wildman–Crippen MR) is 148 cm³/mol. The topological polar surface area (TPSA) is 136 Å². The fraction of sp³-hybridized carbons (Fsp3) is 0.179. The van der Waals surface area contributed by atoms with Crippen molar-refractivity contribution in [3.63, 3.8) is 0 Å². The number of rotatable bonds is 6. The van der Waals surface area contributed by atoms with Crippen molar-refractivity contribution < 1.29 is 18.8 Å². The van der Waals surface area contributed by atoms with Gasteiger partial charge in [0.15, 0.2) is 5.58 Å². The van der Waals surface area contributed by atoms with E-state index in [0.29, 0.717) is 34.4 Å². The van der Waals surface area contributed by atoms with Gasteiger partial charge in [0, 0.05) is 41.7 Å². The van der Waals surface area contributed by atoms with Crippen molar-refractivity contribution in [3.05, 3.63) is 78.8 Å². The van der Waals surface area contributed by atoms with Gasteiger partial charge < -0.3 is 19.9 Å². The Kier molecular flexibility index (Phi) is 6.72. The summed E-state index contributed by atoms with van der Waals surface area (Å²) in [6.07, 6.45) is 3.18. The number of hydrogen-bond acceptors (Lipinski definition) is 7. The van der Waals surface area contributed by atoms with Gasteiger partial charge in [-0.2, -0.15) is 5.10 Å². The second kappa shape index (κ2) is 10.3. The van der Waals surface area contributed by atoms with Crippen LogP contribution in [0, 0.1) is 0 Å². The Morgan fingerprint density at radius 2 is 1.72 bits per heavy atom. The van der Waals surface area contributed by atoms with Crippen molar-refractivity contribution in [1.29, 1.82) is 0 Å². The minimum atomic E-state index is -0.426. The zero-order valence-corrected chi connectivity index (χ0v) is 21.9. The first-order chi connectivity index (χ1) is 18.6. The van der Waals surface area contributed by atoms with Crippen LogP contribution in [0.15, 0.2) is 77.6 Å². The molecule has 0 bridgehead atoms. The number of carbonyl (C=O) groups excluding carboxylic acids is 2. The maximum absolute atomic E-state index is 12.9. The molecule has 0 atom stereocenters. The van der Waals surface area contributed by atoms with Gasteiger partial charge in [-0.05, 0) is 48.5 Å². The van der Waals surface area contributed by atoms with Gasteiger partial charge in [0.2, 0.25) is 5.91 Å². The third-order valence-corrected chi connectivity index (χ3v) is 5.68. The zero-order valence-electron chi connectivity index (χ0n) is 21.9. The molecule has 0 saturated heterocycles. The van der Waals surface area contributed by atoms with Gasteiger partial charge in [0.25, 0.3) is 0 Å². The largest absolute Gasteiger partial charge is 0.457 e. The highest BCUT2D eigenvalue weighted by Crippen LogP contribution is 2.28. The van der Waals surface area contributed by atoms with E-state index in [1.165, 1.54) is 6.92 Å². The molecule has 11 heteroatoms. The molecule has 0 aliphatic heterocycles. The van der Waals surface area contributed by atoms with E-state index in [-0.39, 0.29) is 11.3 Å². The summed E-state index contributed by atoms with van der Waals surface area (Å²) in [6, 6.07) is 17.2. The summed E-state index contributed by atoms with van der Waals surface area (Å²) in [5.41, 5.74) is 2.59. The number of amides is 3. The first-order valence-corrected chi connectivity index (χ1v) is 12.2. The summed E-state index contributed by atoms with van der Waals surface area (Å²) >= 11 is 0. The van der Waals surface area contributed by atoms with E-state index in [9.17, 15) is 9.59 Å². The molecular weight excluding hydrogens is 498 g/mol. The van der Waals surface area contributed by atoms with E-state index in [0.717, 1.165) is 16.8 Å². The number of aromatic nitrogens is 4. The van der Waals surface area contributed by atoms with Crippen molar-refractivity contribution in [2.45, 2.75) is 33.1 Å². The molecule has 0 fully saturated rings. The summed E-state index contributed by atoms with van der Waals surface area (Å²) in [4.78, 5) is 28.3. The number of ether oxygens (including phenoxy) is 1. The van der Waals surface area contributed by atoms with E-state index >= 15 is 0 Å². The minimum absolute atomic E-state index is 0.220. The highest BCUT2D eigenvalue weighted by atomic mass is 16.5. The standard InChI is InChI=1S/C28H27N7O4/c1-17(36)31-25-14-22(11-12-29-25)38-21-8-5-19(6-9-21)32-27(37)33-26-15-24(28(2,3)4)34-35(26)20-7-10-23-18(13-20)16-30-39-23/h5-16H,1-4H3,(H,29,31,36)(H2,32,33,37). The normalized spacial score (nSPS) is 11.3. The van der Waals surface area contributed by atoms with Crippen molar-refractivity contribution >= 4 is 40.2 Å². The van der Waals surface area contributed by atoms with Crippen molar-refractivity contribution in [1.82, 2.24) is 19.9 Å². The maximum Gasteiger partial charge on any atom is 0.324 e. The summed E-state index contributed by atoms with van der Waals surface area (Å²) in [7, 11) is 0. The van der Waals surface area contributed by atoms with Crippen LogP contribution in [-0.2, 0) is 10.2 Å². The lowest BCUT2D eigenvalue weighted by molar-refractivity contribution is -0.114. The van der Waals surface area contributed by atoms with Crippen molar-refractivity contribution in [3.8, 4) is 17.2 Å². The number of pyridine rings is 1. The van der Waals surface area contributed by atoms with Crippen LogP contribution in [0.25, 0.3) is 16.7 Å². The van der Waals surface area contributed by atoms with Gasteiger partial charge in [-0.15, -0.1) is 0 Å². The van der Waals surface area contributed by atoms with Crippen LogP contribution < -0.4 is 20.7 Å². The molecule has 3 amide bonds. The van der Waals surface area contributed by atoms with Gasteiger partial charge >= 0.3 is 6.03 Å². The SMILES string of the molecule is CC(=O)Nc1cc(Oc2ccc(NC(=O)Nc3cc(C(C)(C)C)nn3-c3ccc4oncc4c3)cc2)ccn1. The van der Waals surface area contributed by atoms with Crippen LogP contribution in [0.2, 0.25) is 0 Å². The maximum atomic E-state index is 12.9. The molecule has 0 saturated carbocycles. The zero-order chi connectivity index (χ0) is 27.6. The minimum Gasteiger partial charge on any atom is -0.457 e. The number of benzene rings is 2. The Morgan fingerprint density at radius 3 is 2.46 bits per heavy atom. The molecule has 0 aliphatic rings. The molecule has 3 N–H and O–H groups in total. The van der Waals surface area contributed by atoms with E-state index in [1.54, 1.807) is 53.5 Å². The summed E-state index contributed by atoms with van der Waals surface area (Å²) in [6.45, 7) is 7.58. The summed E-state index contributed by atoms with van der Waals surface area (Å²) < 4.78 is 12.7. The lowest BCUT2D eigenvalue weighted by atomic mass is 9.92. The van der Waals surface area contributed by atoms with Crippen LogP contribution in [0.1, 0.15) is 33.4 Å². The van der Waals surface area contributed by atoms with Crippen LogP contribution in [0.3, 0.4) is 0 Å². The van der Waals surface area contributed by atoms with Crippen LogP contribution in [-0.4, -0.2) is 31.9 Å². The molecule has 39 heavy (non-hydrogen) atoms. The van der Waals surface area contributed by atoms with E-state index in [2.05, 4.69) is 46.9 Å². The Balaban J connectivity index is 1.30. The van der Waals surface area contributed by atoms with Crippen molar-refractivity contribution in [2.75, 3.05) is 16.0 Å². The monoisotopic (exact) mass is 525 g/mol. The molecule has 0 spiro atoms. The van der Waals surface area contributed by atoms with E-state index in [4.69, 9.17) is 14.4 Å². The molecule has 0 aliphatic carbocycles. The van der Waals surface area contributed by atoms with Crippen molar-refractivity contribution in [2.24, 2.45) is 0 Å². The van der Waals surface area contributed by atoms with Gasteiger partial charge in [-0.25, -0.2) is 14.5 Å². The third-order valence-electron chi connectivity index (χ3n) is 5.68. The second-order valence-corrected chi connectivity index (χ2v) is 9.89. The predicted octanol–water partition coefficient (Wildman–Crippen LogP) is 6.10. The van der Waals surface area contributed by atoms with E-state index < -0.39 is 6.03 Å². The molecule has 0 radical (unpaired) electrons. The molecular formula is C28H27N7O4. The highest BCUT2D eigenvalue weighted by Gasteiger charge is 2.22.